The molecule has 0 aliphatic carbocycles. The zero-order valence-electron chi connectivity index (χ0n) is 13.2. The zero-order valence-corrected chi connectivity index (χ0v) is 14.8. The highest BCUT2D eigenvalue weighted by atomic mass is 79.9. The molecule has 0 spiro atoms. The Hall–Kier alpha value is -0.580. The molecule has 1 aromatic rings. The number of hydrogen-bond acceptors (Lipinski definition) is 3. The summed E-state index contributed by atoms with van der Waals surface area (Å²) < 4.78 is 6.53. The van der Waals surface area contributed by atoms with Crippen molar-refractivity contribution in [1.29, 1.82) is 0 Å². The number of hydrogen-bond donors (Lipinski definition) is 1. The molecule has 1 saturated heterocycles. The van der Waals surface area contributed by atoms with Crippen molar-refractivity contribution in [1.82, 2.24) is 10.2 Å². The summed E-state index contributed by atoms with van der Waals surface area (Å²) in [5, 5.41) is 3.45. The lowest BCUT2D eigenvalue weighted by Crippen LogP contribution is -2.36. The second-order valence-electron chi connectivity index (χ2n) is 5.89. The number of rotatable bonds is 7. The van der Waals surface area contributed by atoms with Gasteiger partial charge in [0.25, 0.3) is 0 Å². The minimum Gasteiger partial charge on any atom is -0.497 e. The summed E-state index contributed by atoms with van der Waals surface area (Å²) in [4.78, 5) is 2.59. The Bertz CT molecular complexity index is 433. The largest absolute Gasteiger partial charge is 0.497 e. The van der Waals surface area contributed by atoms with Crippen molar-refractivity contribution < 1.29 is 4.74 Å². The topological polar surface area (TPSA) is 24.5 Å². The van der Waals surface area contributed by atoms with Crippen LogP contribution in [0.3, 0.4) is 0 Å². The monoisotopic (exact) mass is 354 g/mol. The molecule has 1 aromatic carbocycles. The van der Waals surface area contributed by atoms with Gasteiger partial charge < -0.3 is 10.1 Å². The van der Waals surface area contributed by atoms with Gasteiger partial charge in [-0.2, -0.15) is 0 Å². The normalized spacial score (nSPS) is 16.4. The molecule has 4 heteroatoms. The van der Waals surface area contributed by atoms with Crippen LogP contribution in [0.1, 0.15) is 31.7 Å². The van der Waals surface area contributed by atoms with Crippen LogP contribution in [-0.4, -0.2) is 38.2 Å². The first-order valence-corrected chi connectivity index (χ1v) is 8.77. The number of nitrogens with zero attached hydrogens (tertiary/aromatic N) is 1. The number of halogens is 1. The van der Waals surface area contributed by atoms with Crippen LogP contribution < -0.4 is 10.1 Å². The quantitative estimate of drug-likeness (QED) is 0.808. The average Bonchev–Trinajstić information content (AvgIpc) is 2.51. The molecule has 118 valence electrons. The van der Waals surface area contributed by atoms with Crippen LogP contribution in [0.2, 0.25) is 0 Å². The molecule has 1 heterocycles. The maximum atomic E-state index is 5.35. The smallest absolute Gasteiger partial charge is 0.119 e. The molecule has 0 atom stereocenters. The van der Waals surface area contributed by atoms with Gasteiger partial charge >= 0.3 is 0 Å². The van der Waals surface area contributed by atoms with Gasteiger partial charge in [-0.15, -0.1) is 0 Å². The van der Waals surface area contributed by atoms with Gasteiger partial charge in [-0.05, 0) is 68.6 Å². The third-order valence-electron chi connectivity index (χ3n) is 4.16. The molecular weight excluding hydrogens is 328 g/mol. The molecule has 1 aliphatic heterocycles. The van der Waals surface area contributed by atoms with E-state index in [1.807, 2.05) is 6.07 Å². The van der Waals surface area contributed by atoms with E-state index in [2.05, 4.69) is 45.2 Å². The fourth-order valence-corrected chi connectivity index (χ4v) is 3.39. The molecule has 21 heavy (non-hydrogen) atoms. The van der Waals surface area contributed by atoms with Crippen molar-refractivity contribution in [3.8, 4) is 5.75 Å². The van der Waals surface area contributed by atoms with Crippen LogP contribution in [0, 0.1) is 5.92 Å². The molecule has 1 N–H and O–H groups in total. The van der Waals surface area contributed by atoms with Crippen LogP contribution in [0.4, 0.5) is 0 Å². The van der Waals surface area contributed by atoms with Crippen molar-refractivity contribution in [3.63, 3.8) is 0 Å². The second kappa shape index (κ2) is 8.76. The summed E-state index contributed by atoms with van der Waals surface area (Å²) >= 11 is 3.67. The van der Waals surface area contributed by atoms with Crippen molar-refractivity contribution in [2.45, 2.75) is 32.7 Å². The molecule has 0 aromatic heterocycles. The van der Waals surface area contributed by atoms with Crippen molar-refractivity contribution in [2.75, 3.05) is 33.3 Å². The number of ether oxygens (including phenoxy) is 1. The number of piperidine rings is 1. The van der Waals surface area contributed by atoms with Gasteiger partial charge in [0.05, 0.1) is 7.11 Å². The lowest BCUT2D eigenvalue weighted by molar-refractivity contribution is 0.198. The standard InChI is InChI=1S/C17H27BrN2O/c1-3-10-20(12-14-6-8-19-9-7-14)13-15-11-16(21-2)4-5-17(15)18/h4-5,11,14,19H,3,6-10,12-13H2,1-2H3. The van der Waals surface area contributed by atoms with Gasteiger partial charge in [0, 0.05) is 17.6 Å². The van der Waals surface area contributed by atoms with E-state index in [0.717, 1.165) is 24.8 Å². The maximum Gasteiger partial charge on any atom is 0.119 e. The van der Waals surface area contributed by atoms with Gasteiger partial charge in [-0.25, -0.2) is 0 Å². The molecule has 1 aliphatic rings. The second-order valence-corrected chi connectivity index (χ2v) is 6.74. The van der Waals surface area contributed by atoms with Gasteiger partial charge in [0.15, 0.2) is 0 Å². The summed E-state index contributed by atoms with van der Waals surface area (Å²) in [7, 11) is 1.73. The SMILES string of the molecule is CCCN(Cc1cc(OC)ccc1Br)CC1CCNCC1. The minimum absolute atomic E-state index is 0.835. The Morgan fingerprint density at radius 1 is 1.33 bits per heavy atom. The van der Waals surface area contributed by atoms with Gasteiger partial charge in [0.1, 0.15) is 5.75 Å². The van der Waals surface area contributed by atoms with Gasteiger partial charge in [0.2, 0.25) is 0 Å². The lowest BCUT2D eigenvalue weighted by Gasteiger charge is -2.30. The zero-order chi connectivity index (χ0) is 15.1. The maximum absolute atomic E-state index is 5.35. The average molecular weight is 355 g/mol. The highest BCUT2D eigenvalue weighted by molar-refractivity contribution is 9.10. The van der Waals surface area contributed by atoms with E-state index in [0.29, 0.717) is 0 Å². The first-order valence-electron chi connectivity index (χ1n) is 7.98. The molecule has 0 bridgehead atoms. The summed E-state index contributed by atoms with van der Waals surface area (Å²) in [6.07, 6.45) is 3.81. The molecule has 0 amide bonds. The van der Waals surface area contributed by atoms with Crippen LogP contribution in [0.25, 0.3) is 0 Å². The third-order valence-corrected chi connectivity index (χ3v) is 4.94. The molecule has 0 unspecified atom stereocenters. The first kappa shape index (κ1) is 16.8. The Balaban J connectivity index is 2.00. The molecule has 3 nitrogen and oxygen atoms in total. The molecule has 1 fully saturated rings. The highest BCUT2D eigenvalue weighted by Gasteiger charge is 2.17. The van der Waals surface area contributed by atoms with E-state index in [4.69, 9.17) is 4.74 Å². The van der Waals surface area contributed by atoms with Crippen LogP contribution in [0.5, 0.6) is 5.75 Å². The minimum atomic E-state index is 0.835. The van der Waals surface area contributed by atoms with E-state index in [-0.39, 0.29) is 0 Å². The fourth-order valence-electron chi connectivity index (χ4n) is 3.02. The molecule has 2 rings (SSSR count). The van der Waals surface area contributed by atoms with Gasteiger partial charge in [-0.3, -0.25) is 4.90 Å². The molecule has 0 saturated carbocycles. The first-order chi connectivity index (χ1) is 10.2. The van der Waals surface area contributed by atoms with Crippen LogP contribution >= 0.6 is 15.9 Å². The fraction of sp³-hybridized carbons (Fsp3) is 0.647. The molecule has 0 radical (unpaired) electrons. The summed E-state index contributed by atoms with van der Waals surface area (Å²) in [5.41, 5.74) is 1.32. The molecular formula is C17H27BrN2O. The van der Waals surface area contributed by atoms with Crippen molar-refractivity contribution in [3.05, 3.63) is 28.2 Å². The Morgan fingerprint density at radius 3 is 2.76 bits per heavy atom. The van der Waals surface area contributed by atoms with Crippen molar-refractivity contribution >= 4 is 15.9 Å². The third kappa shape index (κ3) is 5.28. The Morgan fingerprint density at radius 2 is 2.10 bits per heavy atom. The Kier molecular flexibility index (Phi) is 7.00. The van der Waals surface area contributed by atoms with E-state index in [1.54, 1.807) is 7.11 Å². The van der Waals surface area contributed by atoms with Crippen molar-refractivity contribution in [2.24, 2.45) is 5.92 Å². The summed E-state index contributed by atoms with van der Waals surface area (Å²) in [5.74, 6) is 1.77. The van der Waals surface area contributed by atoms with E-state index in [1.165, 1.54) is 48.9 Å². The number of methoxy groups -OCH3 is 1. The highest BCUT2D eigenvalue weighted by Crippen LogP contribution is 2.25. The summed E-state index contributed by atoms with van der Waals surface area (Å²) in [6.45, 7) is 7.97. The van der Waals surface area contributed by atoms with E-state index < -0.39 is 0 Å². The Labute approximate surface area is 137 Å². The lowest BCUT2D eigenvalue weighted by atomic mass is 9.97. The number of benzene rings is 1. The van der Waals surface area contributed by atoms with Gasteiger partial charge in [-0.1, -0.05) is 22.9 Å². The predicted octanol–water partition coefficient (Wildman–Crippen LogP) is 3.67. The summed E-state index contributed by atoms with van der Waals surface area (Å²) in [6, 6.07) is 6.24. The van der Waals surface area contributed by atoms with E-state index >= 15 is 0 Å². The predicted molar refractivity (Wildman–Crippen MR) is 91.9 cm³/mol. The number of nitrogens with one attached hydrogen (secondary N) is 1. The van der Waals surface area contributed by atoms with E-state index in [9.17, 15) is 0 Å². The van der Waals surface area contributed by atoms with Crippen LogP contribution in [0.15, 0.2) is 22.7 Å². The van der Waals surface area contributed by atoms with Crippen LogP contribution in [-0.2, 0) is 6.54 Å².